The lowest BCUT2D eigenvalue weighted by molar-refractivity contribution is 0.803. The summed E-state index contributed by atoms with van der Waals surface area (Å²) in [5.74, 6) is 0. The quantitative estimate of drug-likeness (QED) is 0.412. The Labute approximate surface area is 64.6 Å². The maximum atomic E-state index is 4.42. The van der Waals surface area contributed by atoms with E-state index in [1.54, 1.807) is 0 Å². The zero-order valence-corrected chi connectivity index (χ0v) is 7.48. The Kier molecular flexibility index (Phi) is 6.56. The zero-order valence-electron chi connectivity index (χ0n) is 7.48. The van der Waals surface area contributed by atoms with Gasteiger partial charge in [-0.05, 0) is 19.8 Å². The molecular formula is C9H19N. The van der Waals surface area contributed by atoms with E-state index < -0.39 is 0 Å². The Morgan fingerprint density at radius 1 is 1.20 bits per heavy atom. The van der Waals surface area contributed by atoms with Crippen LogP contribution in [0.15, 0.2) is 4.99 Å². The zero-order chi connectivity index (χ0) is 7.82. The fourth-order valence-corrected chi connectivity index (χ4v) is 0.869. The fraction of sp³-hybridized carbons (Fsp3) is 0.889. The van der Waals surface area contributed by atoms with Crippen molar-refractivity contribution < 1.29 is 0 Å². The summed E-state index contributed by atoms with van der Waals surface area (Å²) in [6.07, 6.45) is 4.88. The molecule has 0 aliphatic heterocycles. The highest BCUT2D eigenvalue weighted by Gasteiger charge is 1.86. The summed E-state index contributed by atoms with van der Waals surface area (Å²) < 4.78 is 0. The maximum absolute atomic E-state index is 4.42. The number of hydrogen-bond donors (Lipinski definition) is 0. The third-order valence-corrected chi connectivity index (χ3v) is 1.51. The molecule has 0 saturated heterocycles. The minimum absolute atomic E-state index is 1.03. The van der Waals surface area contributed by atoms with Gasteiger partial charge in [0.05, 0.1) is 0 Å². The van der Waals surface area contributed by atoms with Gasteiger partial charge in [0.1, 0.15) is 0 Å². The molecule has 0 aromatic heterocycles. The summed E-state index contributed by atoms with van der Waals surface area (Å²) in [4.78, 5) is 4.42. The molecule has 0 saturated carbocycles. The molecule has 1 nitrogen and oxygen atoms in total. The van der Waals surface area contributed by atoms with Crippen LogP contribution in [0.2, 0.25) is 0 Å². The van der Waals surface area contributed by atoms with Crippen molar-refractivity contribution in [3.8, 4) is 0 Å². The molecule has 0 atom stereocenters. The van der Waals surface area contributed by atoms with E-state index >= 15 is 0 Å². The molecule has 10 heavy (non-hydrogen) atoms. The molecular weight excluding hydrogens is 122 g/mol. The average Bonchev–Trinajstić information content (AvgIpc) is 1.89. The van der Waals surface area contributed by atoms with Crippen LogP contribution in [0.5, 0.6) is 0 Å². The van der Waals surface area contributed by atoms with Crippen LogP contribution in [0, 0.1) is 0 Å². The minimum Gasteiger partial charge on any atom is -0.294 e. The van der Waals surface area contributed by atoms with E-state index in [2.05, 4.69) is 25.8 Å². The number of aliphatic imine (C=N–C) groups is 1. The van der Waals surface area contributed by atoms with Crippen molar-refractivity contribution >= 4 is 5.71 Å². The van der Waals surface area contributed by atoms with Crippen LogP contribution in [-0.2, 0) is 0 Å². The Hall–Kier alpha value is -0.330. The molecule has 0 spiro atoms. The monoisotopic (exact) mass is 141 g/mol. The molecule has 0 N–H and O–H groups in total. The predicted molar refractivity (Wildman–Crippen MR) is 47.8 cm³/mol. The van der Waals surface area contributed by atoms with Gasteiger partial charge in [0, 0.05) is 12.3 Å². The number of rotatable bonds is 5. The molecule has 0 unspecified atom stereocenters. The third-order valence-electron chi connectivity index (χ3n) is 1.51. The van der Waals surface area contributed by atoms with Gasteiger partial charge in [0.15, 0.2) is 0 Å². The van der Waals surface area contributed by atoms with E-state index in [0.29, 0.717) is 0 Å². The molecule has 0 bridgehead atoms. The van der Waals surface area contributed by atoms with E-state index in [4.69, 9.17) is 0 Å². The molecule has 0 rings (SSSR count). The van der Waals surface area contributed by atoms with Crippen LogP contribution < -0.4 is 0 Å². The Morgan fingerprint density at radius 2 is 1.90 bits per heavy atom. The van der Waals surface area contributed by atoms with Crippen LogP contribution in [0.25, 0.3) is 0 Å². The molecule has 1 heteroatoms. The van der Waals surface area contributed by atoms with E-state index in [1.165, 1.54) is 31.4 Å². The summed E-state index contributed by atoms with van der Waals surface area (Å²) in [7, 11) is 0. The second-order valence-corrected chi connectivity index (χ2v) is 2.72. The van der Waals surface area contributed by atoms with Crippen molar-refractivity contribution in [3.05, 3.63) is 0 Å². The van der Waals surface area contributed by atoms with Crippen molar-refractivity contribution in [2.75, 3.05) is 6.54 Å². The summed E-state index contributed by atoms with van der Waals surface area (Å²) in [5.41, 5.74) is 1.32. The fourth-order valence-electron chi connectivity index (χ4n) is 0.869. The molecule has 60 valence electrons. The van der Waals surface area contributed by atoms with Gasteiger partial charge in [-0.3, -0.25) is 4.99 Å². The van der Waals surface area contributed by atoms with Gasteiger partial charge >= 0.3 is 0 Å². The minimum atomic E-state index is 1.03. The second kappa shape index (κ2) is 6.79. The van der Waals surface area contributed by atoms with Gasteiger partial charge in [-0.15, -0.1) is 0 Å². The second-order valence-electron chi connectivity index (χ2n) is 2.72. The molecule has 0 radical (unpaired) electrons. The maximum Gasteiger partial charge on any atom is 0.0388 e. The Balaban J connectivity index is 3.28. The van der Waals surface area contributed by atoms with Gasteiger partial charge in [0.25, 0.3) is 0 Å². The predicted octanol–water partition coefficient (Wildman–Crippen LogP) is 3.05. The van der Waals surface area contributed by atoms with Crippen molar-refractivity contribution in [1.82, 2.24) is 0 Å². The Bertz CT molecular complexity index is 94.9. The molecule has 0 aromatic rings. The largest absolute Gasteiger partial charge is 0.294 e. The highest BCUT2D eigenvalue weighted by Crippen LogP contribution is 1.93. The first-order valence-electron chi connectivity index (χ1n) is 4.31. The molecule has 0 aromatic carbocycles. The summed E-state index contributed by atoms with van der Waals surface area (Å²) >= 11 is 0. The van der Waals surface area contributed by atoms with Gasteiger partial charge in [0.2, 0.25) is 0 Å². The van der Waals surface area contributed by atoms with Crippen LogP contribution in [0.4, 0.5) is 0 Å². The van der Waals surface area contributed by atoms with Crippen molar-refractivity contribution in [2.45, 2.75) is 46.5 Å². The van der Waals surface area contributed by atoms with Crippen LogP contribution in [0.1, 0.15) is 46.5 Å². The van der Waals surface area contributed by atoms with Crippen LogP contribution in [-0.4, -0.2) is 12.3 Å². The standard InChI is InChI=1S/C9H19N/c1-4-6-8-10-9(3)7-5-2/h4-8H2,1-3H3/b10-9-. The highest BCUT2D eigenvalue weighted by atomic mass is 14.7. The number of unbranched alkanes of at least 4 members (excludes halogenated alkanes) is 1. The van der Waals surface area contributed by atoms with E-state index in [0.717, 1.165) is 6.54 Å². The lowest BCUT2D eigenvalue weighted by atomic mass is 10.2. The summed E-state index contributed by atoms with van der Waals surface area (Å²) in [6, 6.07) is 0. The third kappa shape index (κ3) is 5.80. The first kappa shape index (κ1) is 9.67. The van der Waals surface area contributed by atoms with Gasteiger partial charge in [-0.25, -0.2) is 0 Å². The van der Waals surface area contributed by atoms with Gasteiger partial charge in [-0.2, -0.15) is 0 Å². The lowest BCUT2D eigenvalue weighted by Gasteiger charge is -1.96. The molecule has 0 amide bonds. The van der Waals surface area contributed by atoms with E-state index in [1.807, 2.05) is 0 Å². The molecule has 0 aliphatic rings. The first-order chi connectivity index (χ1) is 4.81. The van der Waals surface area contributed by atoms with Crippen molar-refractivity contribution in [3.63, 3.8) is 0 Å². The Morgan fingerprint density at radius 3 is 2.40 bits per heavy atom. The normalized spacial score (nSPS) is 12.1. The average molecular weight is 141 g/mol. The smallest absolute Gasteiger partial charge is 0.0388 e. The van der Waals surface area contributed by atoms with Crippen LogP contribution >= 0.6 is 0 Å². The SMILES string of the molecule is CCCC/N=C(/C)CCC. The number of nitrogens with zero attached hydrogens (tertiary/aromatic N) is 1. The molecule has 0 aliphatic carbocycles. The van der Waals surface area contributed by atoms with Crippen molar-refractivity contribution in [2.24, 2.45) is 4.99 Å². The highest BCUT2D eigenvalue weighted by molar-refractivity contribution is 5.81. The van der Waals surface area contributed by atoms with Crippen LogP contribution in [0.3, 0.4) is 0 Å². The number of hydrogen-bond acceptors (Lipinski definition) is 1. The van der Waals surface area contributed by atoms with Gasteiger partial charge < -0.3 is 0 Å². The van der Waals surface area contributed by atoms with E-state index in [9.17, 15) is 0 Å². The lowest BCUT2D eigenvalue weighted by Crippen LogP contribution is -1.91. The summed E-state index contributed by atoms with van der Waals surface area (Å²) in [5, 5.41) is 0. The van der Waals surface area contributed by atoms with Gasteiger partial charge in [-0.1, -0.05) is 26.7 Å². The topological polar surface area (TPSA) is 12.4 Å². The first-order valence-corrected chi connectivity index (χ1v) is 4.31. The van der Waals surface area contributed by atoms with Crippen molar-refractivity contribution in [1.29, 1.82) is 0 Å². The summed E-state index contributed by atoms with van der Waals surface area (Å²) in [6.45, 7) is 7.55. The van der Waals surface area contributed by atoms with E-state index in [-0.39, 0.29) is 0 Å². The molecule has 0 heterocycles. The molecule has 0 fully saturated rings.